The molecule has 1 fully saturated rings. The van der Waals surface area contributed by atoms with Crippen molar-refractivity contribution in [3.05, 3.63) is 35.4 Å². The lowest BCUT2D eigenvalue weighted by Crippen LogP contribution is -2.62. The van der Waals surface area contributed by atoms with Gasteiger partial charge in [0.1, 0.15) is 12.6 Å². The number of benzene rings is 1. The zero-order valence-electron chi connectivity index (χ0n) is 9.91. The highest BCUT2D eigenvalue weighted by Gasteiger charge is 2.47. The van der Waals surface area contributed by atoms with Crippen molar-refractivity contribution in [2.45, 2.75) is 18.5 Å². The van der Waals surface area contributed by atoms with E-state index in [1.807, 2.05) is 0 Å². The van der Waals surface area contributed by atoms with Gasteiger partial charge in [-0.25, -0.2) is 9.59 Å². The van der Waals surface area contributed by atoms with Crippen LogP contribution in [0, 0.1) is 0 Å². The Kier molecular flexibility index (Phi) is 2.51. The number of carbonyl (C=O) groups is 3. The predicted molar refractivity (Wildman–Crippen MR) is 62.5 cm³/mol. The first kappa shape index (κ1) is 11.7. The van der Waals surface area contributed by atoms with E-state index in [0.29, 0.717) is 12.0 Å². The van der Waals surface area contributed by atoms with Crippen molar-refractivity contribution in [1.82, 2.24) is 4.90 Å². The highest BCUT2D eigenvalue weighted by atomic mass is 16.5. The molecule has 0 radical (unpaired) electrons. The lowest BCUT2D eigenvalue weighted by molar-refractivity contribution is -0.167. The first-order chi connectivity index (χ1) is 9.09. The molecule has 0 spiro atoms. The van der Waals surface area contributed by atoms with Crippen molar-refractivity contribution in [2.75, 3.05) is 6.61 Å². The van der Waals surface area contributed by atoms with Crippen molar-refractivity contribution >= 4 is 17.8 Å². The molecule has 1 amide bonds. The van der Waals surface area contributed by atoms with Crippen LogP contribution >= 0.6 is 0 Å². The number of cyclic esters (lactones) is 1. The number of nitrogens with zero attached hydrogens (tertiary/aromatic N) is 1. The highest BCUT2D eigenvalue weighted by Crippen LogP contribution is 2.28. The van der Waals surface area contributed by atoms with Crippen molar-refractivity contribution in [1.29, 1.82) is 0 Å². The SMILES string of the molecule is O=C(O)C1COC(=O)C2Cc3ccccc3C(=O)N12. The molecule has 0 aromatic heterocycles. The minimum atomic E-state index is -1.16. The molecular formula is C13H11NO5. The summed E-state index contributed by atoms with van der Waals surface area (Å²) in [4.78, 5) is 36.4. The van der Waals surface area contributed by atoms with Crippen molar-refractivity contribution < 1.29 is 24.2 Å². The largest absolute Gasteiger partial charge is 0.480 e. The van der Waals surface area contributed by atoms with Gasteiger partial charge in [0, 0.05) is 12.0 Å². The summed E-state index contributed by atoms with van der Waals surface area (Å²) < 4.78 is 4.87. The van der Waals surface area contributed by atoms with Gasteiger partial charge in [0.2, 0.25) is 0 Å². The van der Waals surface area contributed by atoms with Crippen LogP contribution in [0.5, 0.6) is 0 Å². The molecule has 0 saturated carbocycles. The van der Waals surface area contributed by atoms with Crippen LogP contribution < -0.4 is 0 Å². The second-order valence-corrected chi connectivity index (χ2v) is 4.57. The number of carboxylic acid groups (broad SMARTS) is 1. The van der Waals surface area contributed by atoms with Gasteiger partial charge in [-0.05, 0) is 11.6 Å². The summed E-state index contributed by atoms with van der Waals surface area (Å²) >= 11 is 0. The van der Waals surface area contributed by atoms with Crippen LogP contribution in [0.1, 0.15) is 15.9 Å². The van der Waals surface area contributed by atoms with Crippen LogP contribution in [-0.2, 0) is 20.7 Å². The van der Waals surface area contributed by atoms with Gasteiger partial charge in [-0.3, -0.25) is 4.79 Å². The number of amides is 1. The van der Waals surface area contributed by atoms with Crippen molar-refractivity contribution in [3.8, 4) is 0 Å². The summed E-state index contributed by atoms with van der Waals surface area (Å²) in [5, 5.41) is 9.14. The Morgan fingerprint density at radius 1 is 1.32 bits per heavy atom. The highest BCUT2D eigenvalue weighted by molar-refractivity contribution is 6.02. The molecule has 98 valence electrons. The maximum atomic E-state index is 12.4. The summed E-state index contributed by atoms with van der Waals surface area (Å²) in [6.07, 6.45) is 0.296. The fraction of sp³-hybridized carbons (Fsp3) is 0.308. The number of hydrogen-bond donors (Lipinski definition) is 1. The van der Waals surface area contributed by atoms with Crippen LogP contribution in [0.25, 0.3) is 0 Å². The fourth-order valence-corrected chi connectivity index (χ4v) is 2.58. The average molecular weight is 261 g/mol. The van der Waals surface area contributed by atoms with Gasteiger partial charge in [0.25, 0.3) is 5.91 Å². The summed E-state index contributed by atoms with van der Waals surface area (Å²) in [7, 11) is 0. The maximum absolute atomic E-state index is 12.4. The minimum absolute atomic E-state index is 0.293. The van der Waals surface area contributed by atoms with E-state index in [4.69, 9.17) is 9.84 Å². The Bertz CT molecular complexity index is 582. The number of aliphatic carboxylic acids is 1. The molecule has 1 aromatic carbocycles. The maximum Gasteiger partial charge on any atom is 0.330 e. The Morgan fingerprint density at radius 3 is 2.79 bits per heavy atom. The van der Waals surface area contributed by atoms with Crippen LogP contribution in [0.4, 0.5) is 0 Å². The normalized spacial score (nSPS) is 25.4. The van der Waals surface area contributed by atoms with Crippen LogP contribution in [0.3, 0.4) is 0 Å². The van der Waals surface area contributed by atoms with E-state index in [0.717, 1.165) is 10.5 Å². The first-order valence-corrected chi connectivity index (χ1v) is 5.89. The molecular weight excluding hydrogens is 250 g/mol. The second kappa shape index (κ2) is 4.08. The van der Waals surface area contributed by atoms with E-state index in [1.165, 1.54) is 0 Å². The molecule has 3 rings (SSSR count). The zero-order valence-corrected chi connectivity index (χ0v) is 9.91. The van der Waals surface area contributed by atoms with E-state index >= 15 is 0 Å². The van der Waals surface area contributed by atoms with Gasteiger partial charge in [-0.1, -0.05) is 18.2 Å². The summed E-state index contributed by atoms with van der Waals surface area (Å²) in [6, 6.07) is 4.97. The van der Waals surface area contributed by atoms with Crippen LogP contribution in [-0.4, -0.2) is 46.5 Å². The lowest BCUT2D eigenvalue weighted by atomic mass is 9.91. The number of esters is 1. The molecule has 19 heavy (non-hydrogen) atoms. The summed E-state index contributed by atoms with van der Waals surface area (Å²) in [5.74, 6) is -2.12. The van der Waals surface area contributed by atoms with Gasteiger partial charge >= 0.3 is 11.9 Å². The number of carboxylic acids is 1. The minimum Gasteiger partial charge on any atom is -0.480 e. The number of hydrogen-bond acceptors (Lipinski definition) is 4. The molecule has 1 aromatic rings. The molecule has 0 bridgehead atoms. The number of fused-ring (bicyclic) bond motifs is 2. The molecule has 2 aliphatic heterocycles. The summed E-state index contributed by atoms with van der Waals surface area (Å²) in [6.45, 7) is -0.293. The van der Waals surface area contributed by atoms with Gasteiger partial charge in [0.15, 0.2) is 6.04 Å². The second-order valence-electron chi connectivity index (χ2n) is 4.57. The number of rotatable bonds is 1. The van der Waals surface area contributed by atoms with Crippen molar-refractivity contribution in [2.24, 2.45) is 0 Å². The lowest BCUT2D eigenvalue weighted by Gasteiger charge is -2.41. The third-order valence-corrected chi connectivity index (χ3v) is 3.51. The van der Waals surface area contributed by atoms with Gasteiger partial charge < -0.3 is 14.7 Å². The molecule has 1 saturated heterocycles. The smallest absolute Gasteiger partial charge is 0.330 e. The Morgan fingerprint density at radius 2 is 2.05 bits per heavy atom. The molecule has 6 nitrogen and oxygen atoms in total. The summed E-state index contributed by atoms with van der Waals surface area (Å²) in [5.41, 5.74) is 1.21. The third-order valence-electron chi connectivity index (χ3n) is 3.51. The molecule has 0 aliphatic carbocycles. The molecule has 2 aliphatic rings. The standard InChI is InChI=1S/C13H11NO5/c15-11-8-4-2-1-3-7(8)5-9-13(18)19-6-10(12(16)17)14(9)11/h1-4,9-10H,5-6H2,(H,16,17). The van der Waals surface area contributed by atoms with E-state index in [9.17, 15) is 14.4 Å². The molecule has 1 N–H and O–H groups in total. The molecule has 2 heterocycles. The predicted octanol–water partition coefficient (Wildman–Crippen LogP) is 0.0635. The Hall–Kier alpha value is -2.37. The fourth-order valence-electron chi connectivity index (χ4n) is 2.58. The number of morpholine rings is 1. The molecule has 6 heteroatoms. The Balaban J connectivity index is 2.08. The third kappa shape index (κ3) is 1.68. The van der Waals surface area contributed by atoms with E-state index in [2.05, 4.69) is 0 Å². The molecule has 2 unspecified atom stereocenters. The van der Waals surface area contributed by atoms with Gasteiger partial charge in [-0.15, -0.1) is 0 Å². The zero-order chi connectivity index (χ0) is 13.6. The topological polar surface area (TPSA) is 83.9 Å². The van der Waals surface area contributed by atoms with Gasteiger partial charge in [-0.2, -0.15) is 0 Å². The molecule has 2 atom stereocenters. The van der Waals surface area contributed by atoms with Crippen LogP contribution in [0.15, 0.2) is 24.3 Å². The van der Waals surface area contributed by atoms with Gasteiger partial charge in [0.05, 0.1) is 0 Å². The van der Waals surface area contributed by atoms with Crippen LogP contribution in [0.2, 0.25) is 0 Å². The van der Waals surface area contributed by atoms with E-state index in [1.54, 1.807) is 24.3 Å². The first-order valence-electron chi connectivity index (χ1n) is 5.89. The van der Waals surface area contributed by atoms with E-state index in [-0.39, 0.29) is 6.61 Å². The van der Waals surface area contributed by atoms with E-state index < -0.39 is 29.9 Å². The monoisotopic (exact) mass is 261 g/mol. The number of carbonyl (C=O) groups excluding carboxylic acids is 2. The quantitative estimate of drug-likeness (QED) is 0.723. The van der Waals surface area contributed by atoms with Crippen molar-refractivity contribution in [3.63, 3.8) is 0 Å². The number of ether oxygens (including phenoxy) is 1. The Labute approximate surface area is 108 Å². The average Bonchev–Trinajstić information content (AvgIpc) is 2.40.